The highest BCUT2D eigenvalue weighted by atomic mass is 14.2. The van der Waals surface area contributed by atoms with Gasteiger partial charge in [0, 0.05) is 0 Å². The van der Waals surface area contributed by atoms with E-state index in [9.17, 15) is 0 Å². The van der Waals surface area contributed by atoms with Crippen molar-refractivity contribution in [3.63, 3.8) is 0 Å². The highest BCUT2D eigenvalue weighted by molar-refractivity contribution is 5.00. The van der Waals surface area contributed by atoms with E-state index in [-0.39, 0.29) is 0 Å². The summed E-state index contributed by atoms with van der Waals surface area (Å²) in [6.07, 6.45) is 8.32. The van der Waals surface area contributed by atoms with E-state index in [1.807, 2.05) is 13.8 Å². The molecule has 0 heterocycles. The lowest BCUT2D eigenvalue weighted by Gasteiger charge is -2.22. The van der Waals surface area contributed by atoms with Crippen LogP contribution in [-0.4, -0.2) is 0 Å². The lowest BCUT2D eigenvalue weighted by atomic mass is 9.83. The maximum atomic E-state index is 4.10. The topological polar surface area (TPSA) is 0 Å². The summed E-state index contributed by atoms with van der Waals surface area (Å²) in [6, 6.07) is 0. The first kappa shape index (κ1) is 11.7. The van der Waals surface area contributed by atoms with E-state index in [1.165, 1.54) is 44.1 Å². The molecule has 0 aromatic rings. The van der Waals surface area contributed by atoms with Gasteiger partial charge in [0.25, 0.3) is 0 Å². The third-order valence-electron chi connectivity index (χ3n) is 2.64. The standard InChI is InChI=1S/C10H18.C2H6/c1-3-9(2)10-7-5-4-6-8-10;1-2/h10H,2-8H2,1H3;1-2H3. The third-order valence-corrected chi connectivity index (χ3v) is 2.64. The van der Waals surface area contributed by atoms with Gasteiger partial charge in [-0.15, -0.1) is 0 Å². The van der Waals surface area contributed by atoms with Gasteiger partial charge in [-0.2, -0.15) is 0 Å². The summed E-state index contributed by atoms with van der Waals surface area (Å²) in [5.41, 5.74) is 1.49. The summed E-state index contributed by atoms with van der Waals surface area (Å²) in [7, 11) is 0. The molecule has 0 saturated heterocycles. The summed E-state index contributed by atoms with van der Waals surface area (Å²) in [4.78, 5) is 0. The Hall–Kier alpha value is -0.260. The molecule has 1 fully saturated rings. The maximum Gasteiger partial charge on any atom is -0.0206 e. The molecule has 0 amide bonds. The smallest absolute Gasteiger partial charge is 0.0206 e. The summed E-state index contributed by atoms with van der Waals surface area (Å²) in [5.74, 6) is 0.874. The van der Waals surface area contributed by atoms with Gasteiger partial charge in [0.05, 0.1) is 0 Å². The zero-order valence-corrected chi connectivity index (χ0v) is 9.03. The molecule has 12 heavy (non-hydrogen) atoms. The van der Waals surface area contributed by atoms with E-state index < -0.39 is 0 Å². The lowest BCUT2D eigenvalue weighted by Crippen LogP contribution is -2.07. The number of rotatable bonds is 2. The zero-order valence-electron chi connectivity index (χ0n) is 9.03. The Morgan fingerprint density at radius 2 is 1.67 bits per heavy atom. The van der Waals surface area contributed by atoms with Crippen molar-refractivity contribution in [2.45, 2.75) is 59.3 Å². The molecule has 1 aliphatic carbocycles. The molecule has 0 N–H and O–H groups in total. The normalized spacial score (nSPS) is 17.9. The Kier molecular flexibility index (Phi) is 7.23. The van der Waals surface area contributed by atoms with E-state index in [1.54, 1.807) is 0 Å². The molecule has 0 radical (unpaired) electrons. The van der Waals surface area contributed by atoms with Gasteiger partial charge in [0.1, 0.15) is 0 Å². The van der Waals surface area contributed by atoms with Gasteiger partial charge in [-0.05, 0) is 25.2 Å². The van der Waals surface area contributed by atoms with Crippen LogP contribution < -0.4 is 0 Å². The van der Waals surface area contributed by atoms with Crippen molar-refractivity contribution in [2.75, 3.05) is 0 Å². The van der Waals surface area contributed by atoms with Crippen molar-refractivity contribution in [2.24, 2.45) is 5.92 Å². The van der Waals surface area contributed by atoms with Crippen LogP contribution in [0.3, 0.4) is 0 Å². The Bertz CT molecular complexity index is 107. The fraction of sp³-hybridized carbons (Fsp3) is 0.833. The molecule has 72 valence electrons. The molecule has 0 aromatic carbocycles. The molecule has 1 saturated carbocycles. The Morgan fingerprint density at radius 1 is 1.17 bits per heavy atom. The van der Waals surface area contributed by atoms with E-state index in [4.69, 9.17) is 0 Å². The number of hydrogen-bond acceptors (Lipinski definition) is 0. The molecule has 0 atom stereocenters. The van der Waals surface area contributed by atoms with Crippen LogP contribution in [0.15, 0.2) is 12.2 Å². The molecular formula is C12H24. The average Bonchev–Trinajstić information content (AvgIpc) is 2.21. The van der Waals surface area contributed by atoms with Crippen LogP contribution in [0.5, 0.6) is 0 Å². The van der Waals surface area contributed by atoms with E-state index in [0.717, 1.165) is 5.92 Å². The van der Waals surface area contributed by atoms with Crippen LogP contribution in [0, 0.1) is 5.92 Å². The second kappa shape index (κ2) is 7.39. The molecular weight excluding hydrogens is 144 g/mol. The van der Waals surface area contributed by atoms with Gasteiger partial charge >= 0.3 is 0 Å². The maximum absolute atomic E-state index is 4.10. The highest BCUT2D eigenvalue weighted by Crippen LogP contribution is 2.29. The summed E-state index contributed by atoms with van der Waals surface area (Å²) in [6.45, 7) is 10.3. The predicted octanol–water partition coefficient (Wildman–Crippen LogP) is 4.56. The predicted molar refractivity (Wildman–Crippen MR) is 57.4 cm³/mol. The molecule has 1 aliphatic rings. The summed E-state index contributed by atoms with van der Waals surface area (Å²) in [5, 5.41) is 0. The third kappa shape index (κ3) is 3.94. The van der Waals surface area contributed by atoms with Crippen molar-refractivity contribution in [3.8, 4) is 0 Å². The minimum atomic E-state index is 0.874. The quantitative estimate of drug-likeness (QED) is 0.530. The van der Waals surface area contributed by atoms with Crippen molar-refractivity contribution in [1.29, 1.82) is 0 Å². The first-order valence-corrected chi connectivity index (χ1v) is 5.52. The Labute approximate surface area is 78.1 Å². The van der Waals surface area contributed by atoms with Gasteiger partial charge in [0.2, 0.25) is 0 Å². The largest absolute Gasteiger partial charge is 0.0996 e. The molecule has 0 heteroatoms. The monoisotopic (exact) mass is 168 g/mol. The molecule has 0 aliphatic heterocycles. The van der Waals surface area contributed by atoms with Crippen LogP contribution in [-0.2, 0) is 0 Å². The van der Waals surface area contributed by atoms with Gasteiger partial charge in [-0.25, -0.2) is 0 Å². The Morgan fingerprint density at radius 3 is 2.08 bits per heavy atom. The van der Waals surface area contributed by atoms with Crippen molar-refractivity contribution >= 4 is 0 Å². The van der Waals surface area contributed by atoms with Crippen LogP contribution in [0.2, 0.25) is 0 Å². The van der Waals surface area contributed by atoms with Crippen LogP contribution >= 0.6 is 0 Å². The zero-order chi connectivity index (χ0) is 9.40. The van der Waals surface area contributed by atoms with E-state index in [0.29, 0.717) is 0 Å². The summed E-state index contributed by atoms with van der Waals surface area (Å²) >= 11 is 0. The van der Waals surface area contributed by atoms with E-state index in [2.05, 4.69) is 13.5 Å². The SMILES string of the molecule is C=C(CC)C1CCCCC1.CC. The van der Waals surface area contributed by atoms with Crippen LogP contribution in [0.25, 0.3) is 0 Å². The molecule has 1 rings (SSSR count). The van der Waals surface area contributed by atoms with Gasteiger partial charge in [-0.3, -0.25) is 0 Å². The Balaban J connectivity index is 0.000000561. The first-order valence-electron chi connectivity index (χ1n) is 5.52. The lowest BCUT2D eigenvalue weighted by molar-refractivity contribution is 0.398. The fourth-order valence-corrected chi connectivity index (χ4v) is 1.80. The molecule has 0 bridgehead atoms. The van der Waals surface area contributed by atoms with Gasteiger partial charge < -0.3 is 0 Å². The molecule has 0 aromatic heterocycles. The minimum Gasteiger partial charge on any atom is -0.0996 e. The van der Waals surface area contributed by atoms with Crippen molar-refractivity contribution < 1.29 is 0 Å². The second-order valence-electron chi connectivity index (χ2n) is 3.35. The highest BCUT2D eigenvalue weighted by Gasteiger charge is 2.14. The first-order chi connectivity index (χ1) is 5.84. The van der Waals surface area contributed by atoms with Crippen molar-refractivity contribution in [1.82, 2.24) is 0 Å². The van der Waals surface area contributed by atoms with Crippen LogP contribution in [0.1, 0.15) is 59.3 Å². The summed E-state index contributed by atoms with van der Waals surface area (Å²) < 4.78 is 0. The average molecular weight is 168 g/mol. The van der Waals surface area contributed by atoms with Crippen LogP contribution in [0.4, 0.5) is 0 Å². The van der Waals surface area contributed by atoms with Gasteiger partial charge in [-0.1, -0.05) is 52.2 Å². The van der Waals surface area contributed by atoms with Crippen molar-refractivity contribution in [3.05, 3.63) is 12.2 Å². The number of hydrogen-bond donors (Lipinski definition) is 0. The molecule has 0 nitrogen and oxygen atoms in total. The van der Waals surface area contributed by atoms with Gasteiger partial charge in [0.15, 0.2) is 0 Å². The minimum absolute atomic E-state index is 0.874. The molecule has 0 spiro atoms. The van der Waals surface area contributed by atoms with E-state index >= 15 is 0 Å². The fourth-order valence-electron chi connectivity index (χ4n) is 1.80. The number of allylic oxidation sites excluding steroid dienone is 1. The second-order valence-corrected chi connectivity index (χ2v) is 3.35. The molecule has 0 unspecified atom stereocenters.